The van der Waals surface area contributed by atoms with Crippen LogP contribution in [0.4, 0.5) is 13.2 Å². The Morgan fingerprint density at radius 2 is 1.94 bits per heavy atom. The van der Waals surface area contributed by atoms with Gasteiger partial charge in [0.1, 0.15) is 24.8 Å². The molecule has 1 nitrogen and oxygen atoms in total. The van der Waals surface area contributed by atoms with Gasteiger partial charge in [0.15, 0.2) is 0 Å². The molecular formula is C11H13F3OS. The predicted octanol–water partition coefficient (Wildman–Crippen LogP) is 3.36. The topological polar surface area (TPSA) is 9.23 Å². The Morgan fingerprint density at radius 1 is 1.19 bits per heavy atom. The van der Waals surface area contributed by atoms with Crippen LogP contribution in [0.5, 0.6) is 5.75 Å². The van der Waals surface area contributed by atoms with Crippen molar-refractivity contribution < 1.29 is 17.9 Å². The van der Waals surface area contributed by atoms with Crippen LogP contribution in [-0.4, -0.2) is 20.0 Å². The Bertz CT molecular complexity index is 311. The quantitative estimate of drug-likeness (QED) is 0.762. The summed E-state index contributed by atoms with van der Waals surface area (Å²) in [7, 11) is 0. The summed E-state index contributed by atoms with van der Waals surface area (Å²) in [6, 6.07) is 3.03. The zero-order chi connectivity index (χ0) is 12.0. The van der Waals surface area contributed by atoms with Crippen molar-refractivity contribution in [3.8, 4) is 5.75 Å². The lowest BCUT2D eigenvalue weighted by atomic mass is 10.1. The number of ether oxygens (including phenoxy) is 1. The van der Waals surface area contributed by atoms with E-state index in [9.17, 15) is 13.2 Å². The van der Waals surface area contributed by atoms with Crippen LogP contribution in [0.25, 0.3) is 0 Å². The van der Waals surface area contributed by atoms with Crippen LogP contribution in [0, 0.1) is 5.82 Å². The number of benzene rings is 1. The molecule has 0 atom stereocenters. The summed E-state index contributed by atoms with van der Waals surface area (Å²) in [5.74, 6) is -0.310. The molecule has 0 aliphatic carbocycles. The SMILES string of the molecule is FCCCc1ccc(OCCF)c(S)c1F. The standard InChI is InChI=1S/C11H13F3OS/c12-5-1-2-8-3-4-9(15-7-6-13)11(16)10(8)14/h3-4,16H,1-2,5-7H2. The minimum atomic E-state index is -0.640. The molecule has 1 aromatic carbocycles. The molecule has 0 heterocycles. The minimum Gasteiger partial charge on any atom is -0.490 e. The molecule has 1 rings (SSSR count). The second-order valence-corrected chi connectivity index (χ2v) is 3.66. The first-order chi connectivity index (χ1) is 7.70. The van der Waals surface area contributed by atoms with Gasteiger partial charge in [-0.1, -0.05) is 6.07 Å². The van der Waals surface area contributed by atoms with Crippen molar-refractivity contribution in [3.63, 3.8) is 0 Å². The first-order valence-corrected chi connectivity index (χ1v) is 5.40. The molecule has 0 unspecified atom stereocenters. The van der Waals surface area contributed by atoms with E-state index < -0.39 is 19.2 Å². The van der Waals surface area contributed by atoms with Crippen molar-refractivity contribution in [2.75, 3.05) is 20.0 Å². The number of hydrogen-bond acceptors (Lipinski definition) is 2. The lowest BCUT2D eigenvalue weighted by Crippen LogP contribution is -2.02. The largest absolute Gasteiger partial charge is 0.490 e. The average molecular weight is 250 g/mol. The number of rotatable bonds is 6. The smallest absolute Gasteiger partial charge is 0.143 e. The van der Waals surface area contributed by atoms with Gasteiger partial charge >= 0.3 is 0 Å². The highest BCUT2D eigenvalue weighted by Crippen LogP contribution is 2.28. The van der Waals surface area contributed by atoms with Crippen LogP contribution in [0.15, 0.2) is 17.0 Å². The molecule has 90 valence electrons. The fourth-order valence-corrected chi connectivity index (χ4v) is 1.59. The van der Waals surface area contributed by atoms with Gasteiger partial charge in [0.25, 0.3) is 0 Å². The fraction of sp³-hybridized carbons (Fsp3) is 0.455. The monoisotopic (exact) mass is 250 g/mol. The highest BCUT2D eigenvalue weighted by molar-refractivity contribution is 7.80. The molecule has 0 bridgehead atoms. The van der Waals surface area contributed by atoms with E-state index in [0.29, 0.717) is 12.0 Å². The summed E-state index contributed by atoms with van der Waals surface area (Å²) >= 11 is 3.96. The molecule has 0 radical (unpaired) electrons. The third kappa shape index (κ3) is 3.33. The Balaban J connectivity index is 2.81. The number of aryl methyl sites for hydroxylation is 1. The number of halogens is 3. The summed E-state index contributed by atoms with van der Waals surface area (Å²) in [6.45, 7) is -1.25. The number of alkyl halides is 2. The van der Waals surface area contributed by atoms with E-state index in [4.69, 9.17) is 4.74 Å². The maximum absolute atomic E-state index is 13.6. The Morgan fingerprint density at radius 3 is 2.56 bits per heavy atom. The van der Waals surface area contributed by atoms with Gasteiger partial charge < -0.3 is 4.74 Å². The Hall–Kier alpha value is -0.840. The summed E-state index contributed by atoms with van der Waals surface area (Å²) in [5, 5.41) is 0. The van der Waals surface area contributed by atoms with Crippen LogP contribution in [0.3, 0.4) is 0 Å². The maximum Gasteiger partial charge on any atom is 0.143 e. The summed E-state index contributed by atoms with van der Waals surface area (Å²) < 4.78 is 42.4. The molecular weight excluding hydrogens is 237 g/mol. The fourth-order valence-electron chi connectivity index (χ4n) is 1.30. The van der Waals surface area contributed by atoms with E-state index in [2.05, 4.69) is 12.6 Å². The van der Waals surface area contributed by atoms with Crippen molar-refractivity contribution in [1.82, 2.24) is 0 Å². The second kappa shape index (κ2) is 6.68. The summed E-state index contributed by atoms with van der Waals surface area (Å²) in [5.41, 5.74) is 0.398. The van der Waals surface area contributed by atoms with Crippen LogP contribution in [0.2, 0.25) is 0 Å². The van der Waals surface area contributed by atoms with Gasteiger partial charge in [-0.25, -0.2) is 8.78 Å². The van der Waals surface area contributed by atoms with Gasteiger partial charge in [0.05, 0.1) is 11.6 Å². The molecule has 0 fully saturated rings. The molecule has 0 saturated heterocycles. The zero-order valence-electron chi connectivity index (χ0n) is 8.68. The van der Waals surface area contributed by atoms with Crippen molar-refractivity contribution in [2.45, 2.75) is 17.7 Å². The maximum atomic E-state index is 13.6. The van der Waals surface area contributed by atoms with Crippen molar-refractivity contribution >= 4 is 12.6 Å². The summed E-state index contributed by atoms with van der Waals surface area (Å²) in [4.78, 5) is 0.0461. The number of thiol groups is 1. The molecule has 1 aromatic rings. The molecule has 0 amide bonds. The molecule has 5 heteroatoms. The van der Waals surface area contributed by atoms with E-state index in [1.165, 1.54) is 12.1 Å². The highest BCUT2D eigenvalue weighted by Gasteiger charge is 2.11. The first-order valence-electron chi connectivity index (χ1n) is 4.95. The first kappa shape index (κ1) is 13.2. The lowest BCUT2D eigenvalue weighted by Gasteiger charge is -2.10. The third-order valence-electron chi connectivity index (χ3n) is 2.07. The van der Waals surface area contributed by atoms with E-state index in [0.717, 1.165) is 0 Å². The van der Waals surface area contributed by atoms with Gasteiger partial charge in [-0.15, -0.1) is 12.6 Å². The zero-order valence-corrected chi connectivity index (χ0v) is 9.57. The van der Waals surface area contributed by atoms with Gasteiger partial charge in [-0.3, -0.25) is 4.39 Å². The van der Waals surface area contributed by atoms with Crippen LogP contribution >= 0.6 is 12.6 Å². The van der Waals surface area contributed by atoms with Crippen molar-refractivity contribution in [2.24, 2.45) is 0 Å². The highest BCUT2D eigenvalue weighted by atomic mass is 32.1. The van der Waals surface area contributed by atoms with Crippen LogP contribution in [0.1, 0.15) is 12.0 Å². The van der Waals surface area contributed by atoms with E-state index in [1.807, 2.05) is 0 Å². The number of hydrogen-bond donors (Lipinski definition) is 1. The average Bonchev–Trinajstić information content (AvgIpc) is 2.30. The second-order valence-electron chi connectivity index (χ2n) is 3.22. The molecule has 16 heavy (non-hydrogen) atoms. The molecule has 0 aliphatic rings. The van der Waals surface area contributed by atoms with Gasteiger partial charge in [0, 0.05) is 0 Å². The molecule has 0 saturated carbocycles. The Labute approximate surface area is 98.0 Å². The van der Waals surface area contributed by atoms with Crippen LogP contribution in [-0.2, 0) is 6.42 Å². The van der Waals surface area contributed by atoms with E-state index >= 15 is 0 Å². The van der Waals surface area contributed by atoms with Gasteiger partial charge in [-0.2, -0.15) is 0 Å². The Kier molecular flexibility index (Phi) is 5.52. The molecule has 0 aliphatic heterocycles. The third-order valence-corrected chi connectivity index (χ3v) is 2.49. The van der Waals surface area contributed by atoms with Gasteiger partial charge in [-0.05, 0) is 24.5 Å². The molecule has 0 aromatic heterocycles. The lowest BCUT2D eigenvalue weighted by molar-refractivity contribution is 0.266. The van der Waals surface area contributed by atoms with Crippen molar-refractivity contribution in [1.29, 1.82) is 0 Å². The normalized spacial score (nSPS) is 10.5. The van der Waals surface area contributed by atoms with Gasteiger partial charge in [0.2, 0.25) is 0 Å². The summed E-state index contributed by atoms with van der Waals surface area (Å²) in [6.07, 6.45) is 0.591. The van der Waals surface area contributed by atoms with E-state index in [-0.39, 0.29) is 23.7 Å². The predicted molar refractivity (Wildman–Crippen MR) is 59.4 cm³/mol. The molecule has 0 N–H and O–H groups in total. The molecule has 0 spiro atoms. The van der Waals surface area contributed by atoms with Crippen LogP contribution < -0.4 is 4.74 Å². The van der Waals surface area contributed by atoms with E-state index in [1.54, 1.807) is 0 Å². The minimum absolute atomic E-state index is 0.0461. The van der Waals surface area contributed by atoms with Crippen molar-refractivity contribution in [3.05, 3.63) is 23.5 Å².